The van der Waals surface area contributed by atoms with Gasteiger partial charge >= 0.3 is 0 Å². The van der Waals surface area contributed by atoms with E-state index in [9.17, 15) is 4.79 Å². The van der Waals surface area contributed by atoms with Crippen molar-refractivity contribution >= 4 is 22.5 Å². The molecule has 0 aliphatic heterocycles. The Hall–Kier alpha value is -2.62. The van der Waals surface area contributed by atoms with Gasteiger partial charge in [0.1, 0.15) is 0 Å². The minimum absolute atomic E-state index is 0.0338. The number of carbonyl (C=O) groups excluding carboxylic acids is 1. The normalized spacial score (nSPS) is 10.8. The number of rotatable bonds is 3. The molecule has 0 aliphatic rings. The van der Waals surface area contributed by atoms with Crippen molar-refractivity contribution in [1.29, 1.82) is 0 Å². The Morgan fingerprint density at radius 2 is 2.00 bits per heavy atom. The number of hydrogen-bond acceptors (Lipinski definition) is 2. The van der Waals surface area contributed by atoms with Gasteiger partial charge in [-0.2, -0.15) is 0 Å². The molecule has 2 aromatic heterocycles. The van der Waals surface area contributed by atoms with Gasteiger partial charge in [-0.1, -0.05) is 18.2 Å². The molecule has 21 heavy (non-hydrogen) atoms. The Bertz CT molecular complexity index is 805. The molecule has 4 nitrogen and oxygen atoms in total. The molecule has 2 N–H and O–H groups in total. The van der Waals surface area contributed by atoms with Gasteiger partial charge in [0.25, 0.3) is 0 Å². The van der Waals surface area contributed by atoms with Crippen molar-refractivity contribution in [3.05, 3.63) is 59.5 Å². The van der Waals surface area contributed by atoms with E-state index in [2.05, 4.69) is 15.3 Å². The first kappa shape index (κ1) is 13.4. The van der Waals surface area contributed by atoms with Gasteiger partial charge < -0.3 is 10.3 Å². The summed E-state index contributed by atoms with van der Waals surface area (Å²) in [4.78, 5) is 19.7. The standard InChI is InChI=1S/C17H17N3O/c1-11-7-8-15(12(2)19-11)20-17(21)9-13-10-18-16-6-4-3-5-14(13)16/h3-8,10,18H,9H2,1-2H3,(H,20,21). The Kier molecular flexibility index (Phi) is 3.44. The number of nitrogens with zero attached hydrogens (tertiary/aromatic N) is 1. The van der Waals surface area contributed by atoms with Gasteiger partial charge in [-0.25, -0.2) is 0 Å². The number of fused-ring (bicyclic) bond motifs is 1. The van der Waals surface area contributed by atoms with Crippen molar-refractivity contribution in [2.75, 3.05) is 5.32 Å². The topological polar surface area (TPSA) is 57.8 Å². The van der Waals surface area contributed by atoms with E-state index in [0.29, 0.717) is 6.42 Å². The second-order valence-electron chi connectivity index (χ2n) is 5.17. The molecule has 3 rings (SSSR count). The van der Waals surface area contributed by atoms with E-state index in [-0.39, 0.29) is 5.91 Å². The Morgan fingerprint density at radius 3 is 2.81 bits per heavy atom. The van der Waals surface area contributed by atoms with Crippen LogP contribution in [0.5, 0.6) is 0 Å². The van der Waals surface area contributed by atoms with E-state index in [1.54, 1.807) is 0 Å². The average Bonchev–Trinajstić information content (AvgIpc) is 2.85. The van der Waals surface area contributed by atoms with Crippen LogP contribution in [0.25, 0.3) is 10.9 Å². The summed E-state index contributed by atoms with van der Waals surface area (Å²) in [5.41, 5.74) is 4.60. The maximum Gasteiger partial charge on any atom is 0.228 e. The molecule has 0 spiro atoms. The third-order valence-corrected chi connectivity index (χ3v) is 3.53. The lowest BCUT2D eigenvalue weighted by Crippen LogP contribution is -2.15. The summed E-state index contributed by atoms with van der Waals surface area (Å²) in [6, 6.07) is 11.8. The van der Waals surface area contributed by atoms with Crippen LogP contribution in [0.4, 0.5) is 5.69 Å². The highest BCUT2D eigenvalue weighted by atomic mass is 16.1. The fourth-order valence-corrected chi connectivity index (χ4v) is 2.46. The zero-order valence-electron chi connectivity index (χ0n) is 12.1. The summed E-state index contributed by atoms with van der Waals surface area (Å²) in [5.74, 6) is -0.0338. The first-order valence-electron chi connectivity index (χ1n) is 6.92. The van der Waals surface area contributed by atoms with Gasteiger partial charge in [-0.05, 0) is 37.6 Å². The average molecular weight is 279 g/mol. The van der Waals surface area contributed by atoms with E-state index < -0.39 is 0 Å². The van der Waals surface area contributed by atoms with Crippen LogP contribution >= 0.6 is 0 Å². The lowest BCUT2D eigenvalue weighted by atomic mass is 10.1. The molecular formula is C17H17N3O. The number of benzene rings is 1. The molecule has 1 amide bonds. The van der Waals surface area contributed by atoms with Crippen LogP contribution in [0, 0.1) is 13.8 Å². The number of pyridine rings is 1. The SMILES string of the molecule is Cc1ccc(NC(=O)Cc2c[nH]c3ccccc23)c(C)n1. The molecule has 106 valence electrons. The van der Waals surface area contributed by atoms with Crippen molar-refractivity contribution in [3.8, 4) is 0 Å². The zero-order valence-corrected chi connectivity index (χ0v) is 12.1. The van der Waals surface area contributed by atoms with Crippen molar-refractivity contribution in [1.82, 2.24) is 9.97 Å². The summed E-state index contributed by atoms with van der Waals surface area (Å²) < 4.78 is 0. The predicted molar refractivity (Wildman–Crippen MR) is 84.3 cm³/mol. The third-order valence-electron chi connectivity index (χ3n) is 3.53. The number of amides is 1. The van der Waals surface area contributed by atoms with Crippen LogP contribution < -0.4 is 5.32 Å². The molecule has 0 fully saturated rings. The van der Waals surface area contributed by atoms with Crippen molar-refractivity contribution in [2.45, 2.75) is 20.3 Å². The lowest BCUT2D eigenvalue weighted by molar-refractivity contribution is -0.115. The van der Waals surface area contributed by atoms with Crippen LogP contribution in [-0.2, 0) is 11.2 Å². The molecule has 0 atom stereocenters. The van der Waals surface area contributed by atoms with Crippen LogP contribution in [0.3, 0.4) is 0 Å². The number of aromatic nitrogens is 2. The third kappa shape index (κ3) is 2.79. The lowest BCUT2D eigenvalue weighted by Gasteiger charge is -2.08. The number of carbonyl (C=O) groups is 1. The van der Waals surface area contributed by atoms with E-state index in [1.165, 1.54) is 0 Å². The van der Waals surface area contributed by atoms with Crippen LogP contribution in [0.1, 0.15) is 17.0 Å². The summed E-state index contributed by atoms with van der Waals surface area (Å²) in [7, 11) is 0. The van der Waals surface area contributed by atoms with E-state index in [1.807, 2.05) is 56.4 Å². The van der Waals surface area contributed by atoms with Crippen LogP contribution in [0.15, 0.2) is 42.6 Å². The van der Waals surface area contributed by atoms with Gasteiger partial charge in [0.2, 0.25) is 5.91 Å². The molecule has 4 heteroatoms. The fraction of sp³-hybridized carbons (Fsp3) is 0.176. The monoisotopic (exact) mass is 279 g/mol. The van der Waals surface area contributed by atoms with E-state index in [0.717, 1.165) is 33.5 Å². The Morgan fingerprint density at radius 1 is 1.19 bits per heavy atom. The van der Waals surface area contributed by atoms with Crippen molar-refractivity contribution in [2.24, 2.45) is 0 Å². The second kappa shape index (κ2) is 5.40. The molecule has 0 unspecified atom stereocenters. The number of hydrogen-bond donors (Lipinski definition) is 2. The molecule has 1 aromatic carbocycles. The zero-order chi connectivity index (χ0) is 14.8. The second-order valence-corrected chi connectivity index (χ2v) is 5.17. The molecule has 3 aromatic rings. The number of para-hydroxylation sites is 1. The highest BCUT2D eigenvalue weighted by Gasteiger charge is 2.10. The summed E-state index contributed by atoms with van der Waals surface area (Å²) in [6.45, 7) is 3.83. The molecular weight excluding hydrogens is 262 g/mol. The minimum atomic E-state index is -0.0338. The fourth-order valence-electron chi connectivity index (χ4n) is 2.46. The molecule has 0 saturated carbocycles. The van der Waals surface area contributed by atoms with Crippen molar-refractivity contribution in [3.63, 3.8) is 0 Å². The molecule has 0 bridgehead atoms. The van der Waals surface area contributed by atoms with Gasteiger partial charge in [0.15, 0.2) is 0 Å². The largest absolute Gasteiger partial charge is 0.361 e. The van der Waals surface area contributed by atoms with Crippen LogP contribution in [0.2, 0.25) is 0 Å². The van der Waals surface area contributed by atoms with Gasteiger partial charge in [-0.3, -0.25) is 9.78 Å². The highest BCUT2D eigenvalue weighted by molar-refractivity contribution is 5.96. The number of anilines is 1. The highest BCUT2D eigenvalue weighted by Crippen LogP contribution is 2.19. The number of nitrogens with one attached hydrogen (secondary N) is 2. The number of aryl methyl sites for hydroxylation is 2. The first-order chi connectivity index (χ1) is 10.1. The summed E-state index contributed by atoms with van der Waals surface area (Å²) in [6.07, 6.45) is 2.24. The summed E-state index contributed by atoms with van der Waals surface area (Å²) >= 11 is 0. The molecule has 0 saturated heterocycles. The van der Waals surface area contributed by atoms with Gasteiger partial charge in [0.05, 0.1) is 17.8 Å². The van der Waals surface area contributed by atoms with E-state index in [4.69, 9.17) is 0 Å². The number of H-pyrrole nitrogens is 1. The predicted octanol–water partition coefficient (Wildman–Crippen LogP) is 3.36. The maximum atomic E-state index is 12.2. The number of aromatic amines is 1. The van der Waals surface area contributed by atoms with Gasteiger partial charge in [0, 0.05) is 22.8 Å². The Balaban J connectivity index is 1.77. The Labute approximate surface area is 123 Å². The smallest absolute Gasteiger partial charge is 0.228 e. The van der Waals surface area contributed by atoms with E-state index >= 15 is 0 Å². The van der Waals surface area contributed by atoms with Crippen LogP contribution in [-0.4, -0.2) is 15.9 Å². The quantitative estimate of drug-likeness (QED) is 0.772. The van der Waals surface area contributed by atoms with Gasteiger partial charge in [-0.15, -0.1) is 0 Å². The molecule has 0 aliphatic carbocycles. The molecule has 0 radical (unpaired) electrons. The summed E-state index contributed by atoms with van der Waals surface area (Å²) in [5, 5.41) is 4.01. The maximum absolute atomic E-state index is 12.2. The minimum Gasteiger partial charge on any atom is -0.361 e. The van der Waals surface area contributed by atoms with Crippen molar-refractivity contribution < 1.29 is 4.79 Å². The first-order valence-corrected chi connectivity index (χ1v) is 6.92. The molecule has 2 heterocycles.